The van der Waals surface area contributed by atoms with E-state index < -0.39 is 6.10 Å². The van der Waals surface area contributed by atoms with Crippen LogP contribution < -0.4 is 4.74 Å². The Morgan fingerprint density at radius 1 is 1.14 bits per heavy atom. The van der Waals surface area contributed by atoms with E-state index in [1.165, 1.54) is 6.20 Å². The Labute approximate surface area is 204 Å². The normalized spacial score (nSPS) is 13.9. The smallest absolute Gasteiger partial charge is 0.255 e. The molecule has 0 aliphatic carbocycles. The van der Waals surface area contributed by atoms with Gasteiger partial charge in [-0.25, -0.2) is 0 Å². The minimum Gasteiger partial charge on any atom is -0.470 e. The molecule has 12 nitrogen and oxygen atoms in total. The van der Waals surface area contributed by atoms with Crippen molar-refractivity contribution in [2.75, 3.05) is 20.2 Å². The van der Waals surface area contributed by atoms with E-state index in [0.717, 1.165) is 10.8 Å². The molecule has 1 N–H and O–H groups in total. The molecule has 12 heteroatoms. The van der Waals surface area contributed by atoms with Crippen LogP contribution in [0.25, 0.3) is 27.9 Å². The molecule has 0 bridgehead atoms. The minimum absolute atomic E-state index is 0.138. The van der Waals surface area contributed by atoms with Gasteiger partial charge in [-0.2, -0.15) is 4.52 Å². The molecule has 0 saturated carbocycles. The molecular formula is C24H21N7O5. The summed E-state index contributed by atoms with van der Waals surface area (Å²) in [4.78, 5) is 18.3. The van der Waals surface area contributed by atoms with E-state index in [1.54, 1.807) is 34.7 Å². The molecule has 182 valence electrons. The highest BCUT2D eigenvalue weighted by atomic mass is 16.5. The van der Waals surface area contributed by atoms with Crippen LogP contribution in [0.4, 0.5) is 0 Å². The van der Waals surface area contributed by atoms with Crippen molar-refractivity contribution in [2.24, 2.45) is 0 Å². The second-order valence-electron chi connectivity index (χ2n) is 8.41. The number of amides is 1. The summed E-state index contributed by atoms with van der Waals surface area (Å²) in [6.07, 6.45) is 1.07. The summed E-state index contributed by atoms with van der Waals surface area (Å²) in [6, 6.07) is 12.8. The van der Waals surface area contributed by atoms with Gasteiger partial charge in [0.15, 0.2) is 17.1 Å². The first-order valence-electron chi connectivity index (χ1n) is 11.2. The van der Waals surface area contributed by atoms with Crippen molar-refractivity contribution in [3.8, 4) is 17.4 Å². The highest BCUT2D eigenvalue weighted by Crippen LogP contribution is 2.29. The van der Waals surface area contributed by atoms with Crippen molar-refractivity contribution in [1.29, 1.82) is 0 Å². The Kier molecular flexibility index (Phi) is 5.51. The summed E-state index contributed by atoms with van der Waals surface area (Å²) in [5.74, 6) is 1.18. The van der Waals surface area contributed by atoms with E-state index in [4.69, 9.17) is 14.0 Å². The Morgan fingerprint density at radius 2 is 1.97 bits per heavy atom. The fourth-order valence-corrected chi connectivity index (χ4v) is 4.03. The average molecular weight is 487 g/mol. The first kappa shape index (κ1) is 22.1. The van der Waals surface area contributed by atoms with Crippen LogP contribution in [0.3, 0.4) is 0 Å². The Morgan fingerprint density at radius 3 is 2.72 bits per heavy atom. The highest BCUT2D eigenvalue weighted by molar-refractivity contribution is 5.97. The lowest BCUT2D eigenvalue weighted by Crippen LogP contribution is -2.53. The maximum Gasteiger partial charge on any atom is 0.255 e. The molecule has 1 aliphatic rings. The molecule has 1 amide bonds. The number of methoxy groups -OCH3 is 1. The summed E-state index contributed by atoms with van der Waals surface area (Å²) in [5, 5.41) is 28.3. The van der Waals surface area contributed by atoms with E-state index >= 15 is 0 Å². The largest absolute Gasteiger partial charge is 0.470 e. The van der Waals surface area contributed by atoms with Gasteiger partial charge in [0, 0.05) is 43.2 Å². The Hall–Kier alpha value is -4.42. The number of aliphatic hydroxyl groups excluding tert-OH is 1. The number of pyridine rings is 1. The number of β-amino-alcohol motifs (C(OH)–C–C–N with tert-alkyl or cyclic N) is 1. The fourth-order valence-electron chi connectivity index (χ4n) is 4.03. The standard InChI is InChI=1S/C24H21N7O5/c1-34-13-17-8-20(29-36-17)22-27-26-21-18-4-2-3-5-19(18)23(28-31(21)22)35-12-15-7-6-14(9-25-15)24(33)30-10-16(32)11-30/h2-9,16,32H,10-13H2,1H3. The lowest BCUT2D eigenvalue weighted by atomic mass is 10.1. The molecule has 0 spiro atoms. The van der Waals surface area contributed by atoms with Gasteiger partial charge in [0.25, 0.3) is 5.91 Å². The number of fused-ring (bicyclic) bond motifs is 3. The van der Waals surface area contributed by atoms with Crippen molar-refractivity contribution in [2.45, 2.75) is 19.3 Å². The first-order chi connectivity index (χ1) is 17.6. The maximum absolute atomic E-state index is 12.4. The zero-order valence-corrected chi connectivity index (χ0v) is 19.2. The molecule has 1 aromatic carbocycles. The zero-order chi connectivity index (χ0) is 24.6. The lowest BCUT2D eigenvalue weighted by Gasteiger charge is -2.35. The van der Waals surface area contributed by atoms with Crippen LogP contribution in [-0.2, 0) is 18.0 Å². The van der Waals surface area contributed by atoms with Crippen molar-refractivity contribution in [1.82, 2.24) is 34.9 Å². The SMILES string of the molecule is COCc1cc(-c2nnc3c4ccccc4c(OCc4ccc(C(=O)N5CC(O)C5)cn4)nn23)no1. The predicted molar refractivity (Wildman–Crippen MR) is 125 cm³/mol. The van der Waals surface area contributed by atoms with Crippen LogP contribution in [0, 0.1) is 0 Å². The summed E-state index contributed by atoms with van der Waals surface area (Å²) < 4.78 is 18.0. The summed E-state index contributed by atoms with van der Waals surface area (Å²) >= 11 is 0. The third-order valence-electron chi connectivity index (χ3n) is 5.88. The monoisotopic (exact) mass is 487 g/mol. The van der Waals surface area contributed by atoms with Crippen LogP contribution in [0.1, 0.15) is 21.8 Å². The molecule has 1 aliphatic heterocycles. The van der Waals surface area contributed by atoms with E-state index in [-0.39, 0.29) is 19.1 Å². The number of ether oxygens (including phenoxy) is 2. The van der Waals surface area contributed by atoms with Crippen molar-refractivity contribution < 1.29 is 23.9 Å². The zero-order valence-electron chi connectivity index (χ0n) is 19.2. The van der Waals surface area contributed by atoms with Gasteiger partial charge in [-0.3, -0.25) is 9.78 Å². The quantitative estimate of drug-likeness (QED) is 0.362. The number of rotatable bonds is 7. The molecule has 6 rings (SSSR count). The first-order valence-corrected chi connectivity index (χ1v) is 11.2. The van der Waals surface area contributed by atoms with Crippen molar-refractivity contribution in [3.05, 3.63) is 65.7 Å². The van der Waals surface area contributed by atoms with Gasteiger partial charge in [0.05, 0.1) is 17.4 Å². The molecule has 0 atom stereocenters. The number of benzene rings is 1. The second-order valence-corrected chi connectivity index (χ2v) is 8.41. The molecule has 5 aromatic rings. The number of likely N-dealkylation sites (tertiary alicyclic amines) is 1. The number of carbonyl (C=O) groups excluding carboxylic acids is 1. The van der Waals surface area contributed by atoms with Crippen LogP contribution in [-0.4, -0.2) is 72.2 Å². The van der Waals surface area contributed by atoms with Gasteiger partial charge in [-0.15, -0.1) is 15.3 Å². The van der Waals surface area contributed by atoms with Crippen LogP contribution in [0.15, 0.2) is 53.2 Å². The predicted octanol–water partition coefficient (Wildman–Crippen LogP) is 1.87. The van der Waals surface area contributed by atoms with Gasteiger partial charge >= 0.3 is 0 Å². The summed E-state index contributed by atoms with van der Waals surface area (Å²) in [7, 11) is 1.57. The second kappa shape index (κ2) is 8.98. The summed E-state index contributed by atoms with van der Waals surface area (Å²) in [5.41, 5.74) is 2.12. The molecule has 5 heterocycles. The molecule has 0 unspecified atom stereocenters. The number of hydrogen-bond donors (Lipinski definition) is 1. The summed E-state index contributed by atoms with van der Waals surface area (Å²) in [6.45, 7) is 1.11. The van der Waals surface area contributed by atoms with Gasteiger partial charge in [0.1, 0.15) is 13.2 Å². The van der Waals surface area contributed by atoms with Crippen LogP contribution >= 0.6 is 0 Å². The van der Waals surface area contributed by atoms with Gasteiger partial charge in [0.2, 0.25) is 11.7 Å². The van der Waals surface area contributed by atoms with Crippen LogP contribution in [0.2, 0.25) is 0 Å². The molecule has 36 heavy (non-hydrogen) atoms. The third-order valence-corrected chi connectivity index (χ3v) is 5.88. The third kappa shape index (κ3) is 3.91. The highest BCUT2D eigenvalue weighted by Gasteiger charge is 2.29. The Balaban J connectivity index is 1.28. The lowest BCUT2D eigenvalue weighted by molar-refractivity contribution is 0.00586. The molecule has 4 aromatic heterocycles. The van der Waals surface area contributed by atoms with E-state index in [0.29, 0.717) is 53.2 Å². The fraction of sp³-hybridized carbons (Fsp3) is 0.250. The molecule has 0 radical (unpaired) electrons. The van der Waals surface area contributed by atoms with Crippen molar-refractivity contribution in [3.63, 3.8) is 0 Å². The topological polar surface area (TPSA) is 141 Å². The van der Waals surface area contributed by atoms with Gasteiger partial charge in [-0.05, 0) is 18.2 Å². The number of carbonyl (C=O) groups is 1. The van der Waals surface area contributed by atoms with Crippen molar-refractivity contribution >= 4 is 22.3 Å². The number of hydrogen-bond acceptors (Lipinski definition) is 10. The minimum atomic E-state index is -0.447. The van der Waals surface area contributed by atoms with Gasteiger partial charge in [-0.1, -0.05) is 23.4 Å². The Bertz CT molecular complexity index is 1560. The molecule has 1 fully saturated rings. The number of nitrogens with zero attached hydrogens (tertiary/aromatic N) is 7. The van der Waals surface area contributed by atoms with E-state index in [1.807, 2.05) is 24.3 Å². The van der Waals surface area contributed by atoms with E-state index in [9.17, 15) is 9.90 Å². The molecular weight excluding hydrogens is 466 g/mol. The van der Waals surface area contributed by atoms with E-state index in [2.05, 4.69) is 25.4 Å². The number of aliphatic hydroxyl groups is 1. The van der Waals surface area contributed by atoms with Gasteiger partial charge < -0.3 is 24.0 Å². The molecule has 1 saturated heterocycles. The maximum atomic E-state index is 12.4. The average Bonchev–Trinajstić information content (AvgIpc) is 3.52. The number of aromatic nitrogens is 6. The van der Waals surface area contributed by atoms with Crippen LogP contribution in [0.5, 0.6) is 5.88 Å².